The van der Waals surface area contributed by atoms with Crippen molar-refractivity contribution in [1.29, 1.82) is 0 Å². The maximum Gasteiger partial charge on any atom is 0.339 e. The summed E-state index contributed by atoms with van der Waals surface area (Å²) in [7, 11) is -4.41. The lowest BCUT2D eigenvalue weighted by atomic mass is 10.3. The number of nitrogens with one attached hydrogen (secondary N) is 1. The number of rotatable bonds is 5. The molecule has 0 atom stereocenters. The maximum atomic E-state index is 13.2. The number of hydrogen-bond acceptors (Lipinski definition) is 5. The van der Waals surface area contributed by atoms with Gasteiger partial charge in [0.25, 0.3) is 5.91 Å². The summed E-state index contributed by atoms with van der Waals surface area (Å²) in [5, 5.41) is 2.54. The zero-order valence-electron chi connectivity index (χ0n) is 13.0. The fourth-order valence-corrected chi connectivity index (χ4v) is 3.02. The summed E-state index contributed by atoms with van der Waals surface area (Å²) >= 11 is 0. The Hall–Kier alpha value is -3.20. The standard InChI is InChI=1S/C17H11F2NO5S/c18-11-8-12(19)10-15(9-11)26(22,23)25-14-5-3-13(4-6-14)20-17(21)16-2-1-7-24-16/h1-10H,(H,20,21). The van der Waals surface area contributed by atoms with Gasteiger partial charge in [0.15, 0.2) is 5.76 Å². The molecule has 0 saturated heterocycles. The van der Waals surface area contributed by atoms with Crippen LogP contribution in [-0.2, 0) is 10.1 Å². The molecule has 1 amide bonds. The minimum absolute atomic E-state index is 0.0920. The lowest BCUT2D eigenvalue weighted by Crippen LogP contribution is -2.12. The normalized spacial score (nSPS) is 11.2. The topological polar surface area (TPSA) is 85.6 Å². The number of hydrogen-bond donors (Lipinski definition) is 1. The molecule has 0 radical (unpaired) electrons. The van der Waals surface area contributed by atoms with Crippen LogP contribution in [0.2, 0.25) is 0 Å². The summed E-state index contributed by atoms with van der Waals surface area (Å²) in [6.45, 7) is 0. The van der Waals surface area contributed by atoms with Crippen LogP contribution in [0.3, 0.4) is 0 Å². The minimum atomic E-state index is -4.41. The van der Waals surface area contributed by atoms with Crippen molar-refractivity contribution in [2.45, 2.75) is 4.90 Å². The number of anilines is 1. The van der Waals surface area contributed by atoms with Crippen molar-refractivity contribution in [1.82, 2.24) is 0 Å². The van der Waals surface area contributed by atoms with Crippen LogP contribution >= 0.6 is 0 Å². The van der Waals surface area contributed by atoms with Crippen molar-refractivity contribution in [2.75, 3.05) is 5.32 Å². The molecule has 0 unspecified atom stereocenters. The van der Waals surface area contributed by atoms with E-state index in [1.807, 2.05) is 0 Å². The van der Waals surface area contributed by atoms with E-state index in [1.54, 1.807) is 6.07 Å². The average Bonchev–Trinajstić information content (AvgIpc) is 3.10. The Balaban J connectivity index is 1.73. The van der Waals surface area contributed by atoms with E-state index in [2.05, 4.69) is 5.32 Å². The average molecular weight is 379 g/mol. The second-order valence-electron chi connectivity index (χ2n) is 5.10. The summed E-state index contributed by atoms with van der Waals surface area (Å²) in [4.78, 5) is 11.2. The maximum absolute atomic E-state index is 13.2. The van der Waals surface area contributed by atoms with Gasteiger partial charge in [-0.05, 0) is 48.5 Å². The van der Waals surface area contributed by atoms with E-state index < -0.39 is 32.6 Å². The van der Waals surface area contributed by atoms with E-state index >= 15 is 0 Å². The third-order valence-electron chi connectivity index (χ3n) is 3.19. The van der Waals surface area contributed by atoms with Gasteiger partial charge in [-0.25, -0.2) is 8.78 Å². The number of halogens is 2. The van der Waals surface area contributed by atoms with E-state index in [0.717, 1.165) is 0 Å². The van der Waals surface area contributed by atoms with Gasteiger partial charge in [0.1, 0.15) is 22.3 Å². The first kappa shape index (κ1) is 17.6. The molecular formula is C17H11F2NO5S. The lowest BCUT2D eigenvalue weighted by molar-refractivity contribution is 0.0996. The first-order valence-electron chi connectivity index (χ1n) is 7.19. The SMILES string of the molecule is O=C(Nc1ccc(OS(=O)(=O)c2cc(F)cc(F)c2)cc1)c1ccco1. The molecule has 0 aliphatic heterocycles. The van der Waals surface area contributed by atoms with Gasteiger partial charge in [0, 0.05) is 11.8 Å². The fourth-order valence-electron chi connectivity index (χ4n) is 2.04. The van der Waals surface area contributed by atoms with Crippen molar-refractivity contribution < 1.29 is 30.6 Å². The fraction of sp³-hybridized carbons (Fsp3) is 0. The van der Waals surface area contributed by atoms with Crippen LogP contribution < -0.4 is 9.50 Å². The first-order valence-corrected chi connectivity index (χ1v) is 8.60. The molecule has 2 aromatic carbocycles. The molecule has 0 fully saturated rings. The van der Waals surface area contributed by atoms with Gasteiger partial charge in [-0.2, -0.15) is 8.42 Å². The molecule has 1 aromatic heterocycles. The van der Waals surface area contributed by atoms with E-state index in [0.29, 0.717) is 23.9 Å². The van der Waals surface area contributed by atoms with Gasteiger partial charge < -0.3 is 13.9 Å². The molecule has 3 aromatic rings. The van der Waals surface area contributed by atoms with Gasteiger partial charge in [0.05, 0.1) is 6.26 Å². The van der Waals surface area contributed by atoms with Crippen molar-refractivity contribution in [2.24, 2.45) is 0 Å². The first-order chi connectivity index (χ1) is 12.3. The summed E-state index contributed by atoms with van der Waals surface area (Å²) in [5.74, 6) is -2.54. The highest BCUT2D eigenvalue weighted by Gasteiger charge is 2.19. The number of benzene rings is 2. The van der Waals surface area contributed by atoms with Crippen LogP contribution in [-0.4, -0.2) is 14.3 Å². The highest BCUT2D eigenvalue weighted by molar-refractivity contribution is 7.87. The molecule has 9 heteroatoms. The number of carbonyl (C=O) groups excluding carboxylic acids is 1. The molecule has 134 valence electrons. The van der Waals surface area contributed by atoms with Crippen LogP contribution in [0, 0.1) is 11.6 Å². The Morgan fingerprint density at radius 2 is 1.65 bits per heavy atom. The summed E-state index contributed by atoms with van der Waals surface area (Å²) in [5.41, 5.74) is 0.368. The second kappa shape index (κ2) is 6.96. The van der Waals surface area contributed by atoms with E-state index in [4.69, 9.17) is 8.60 Å². The number of carbonyl (C=O) groups is 1. The monoisotopic (exact) mass is 379 g/mol. The van der Waals surface area contributed by atoms with Gasteiger partial charge >= 0.3 is 10.1 Å². The van der Waals surface area contributed by atoms with Gasteiger partial charge in [0.2, 0.25) is 0 Å². The van der Waals surface area contributed by atoms with Crippen molar-refractivity contribution in [3.63, 3.8) is 0 Å². The molecule has 6 nitrogen and oxygen atoms in total. The molecule has 0 bridgehead atoms. The summed E-state index contributed by atoms with van der Waals surface area (Å²) in [6.07, 6.45) is 1.35. The molecule has 1 heterocycles. The molecule has 0 saturated carbocycles. The second-order valence-corrected chi connectivity index (χ2v) is 6.64. The Labute approximate surface area is 147 Å². The predicted octanol–water partition coefficient (Wildman–Crippen LogP) is 3.58. The van der Waals surface area contributed by atoms with Crippen LogP contribution in [0.4, 0.5) is 14.5 Å². The van der Waals surface area contributed by atoms with Crippen molar-refractivity contribution in [3.8, 4) is 5.75 Å². The number of amides is 1. The molecular weight excluding hydrogens is 368 g/mol. The molecule has 1 N–H and O–H groups in total. The third kappa shape index (κ3) is 4.06. The minimum Gasteiger partial charge on any atom is -0.459 e. The molecule has 26 heavy (non-hydrogen) atoms. The Morgan fingerprint density at radius 1 is 1.00 bits per heavy atom. The van der Waals surface area contributed by atoms with E-state index in [-0.39, 0.29) is 11.5 Å². The summed E-state index contributed by atoms with van der Waals surface area (Å²) in [6, 6.07) is 10.3. The highest BCUT2D eigenvalue weighted by atomic mass is 32.2. The lowest BCUT2D eigenvalue weighted by Gasteiger charge is -2.08. The van der Waals surface area contributed by atoms with Gasteiger partial charge in [-0.1, -0.05) is 0 Å². The Bertz CT molecular complexity index is 1010. The molecule has 0 aliphatic carbocycles. The number of furan rings is 1. The third-order valence-corrected chi connectivity index (χ3v) is 4.41. The zero-order chi connectivity index (χ0) is 18.7. The summed E-state index contributed by atoms with van der Waals surface area (Å²) < 4.78 is 60.3. The van der Waals surface area contributed by atoms with Crippen molar-refractivity contribution >= 4 is 21.7 Å². The quantitative estimate of drug-likeness (QED) is 0.685. The van der Waals surface area contributed by atoms with Crippen LogP contribution in [0.25, 0.3) is 0 Å². The highest BCUT2D eigenvalue weighted by Crippen LogP contribution is 2.22. The smallest absolute Gasteiger partial charge is 0.339 e. The van der Waals surface area contributed by atoms with Crippen LogP contribution in [0.1, 0.15) is 10.6 Å². The van der Waals surface area contributed by atoms with E-state index in [9.17, 15) is 22.0 Å². The Morgan fingerprint density at radius 3 is 2.23 bits per heavy atom. The van der Waals surface area contributed by atoms with Gasteiger partial charge in [-0.15, -0.1) is 0 Å². The molecule has 3 rings (SSSR count). The van der Waals surface area contributed by atoms with Gasteiger partial charge in [-0.3, -0.25) is 4.79 Å². The van der Waals surface area contributed by atoms with E-state index in [1.165, 1.54) is 36.6 Å². The zero-order valence-corrected chi connectivity index (χ0v) is 13.8. The Kier molecular flexibility index (Phi) is 4.72. The molecule has 0 spiro atoms. The predicted molar refractivity (Wildman–Crippen MR) is 87.3 cm³/mol. The molecule has 0 aliphatic rings. The van der Waals surface area contributed by atoms with Crippen LogP contribution in [0.5, 0.6) is 5.75 Å². The van der Waals surface area contributed by atoms with Crippen LogP contribution in [0.15, 0.2) is 70.2 Å². The van der Waals surface area contributed by atoms with Crippen molar-refractivity contribution in [3.05, 3.63) is 78.3 Å². The largest absolute Gasteiger partial charge is 0.459 e.